The first kappa shape index (κ1) is 25.9. The Bertz CT molecular complexity index is 1340. The molecule has 0 unspecified atom stereocenters. The summed E-state index contributed by atoms with van der Waals surface area (Å²) in [5, 5.41) is 10.5. The van der Waals surface area contributed by atoms with E-state index in [1.54, 1.807) is 15.6 Å². The lowest BCUT2D eigenvalue weighted by molar-refractivity contribution is -0.116. The molecule has 0 fully saturated rings. The standard InChI is InChI=1S/C25H34N10O2/c1-5-33(6-2)12-13-37-19-10-8-18(9-11-19)28-23-22-24(31-25(26)30-23)34(16-27-22)15-21(36)29-20-14-17(4)32-35(20)7-3/h8-11,14,16H,5-7,12-13,15H2,1-4H3,(H,29,36)(H3,26,28,30,31). The average Bonchev–Trinajstić information content (AvgIpc) is 3.45. The lowest BCUT2D eigenvalue weighted by Crippen LogP contribution is -2.27. The van der Waals surface area contributed by atoms with Gasteiger partial charge >= 0.3 is 0 Å². The second kappa shape index (κ2) is 11.7. The number of amides is 1. The van der Waals surface area contributed by atoms with Gasteiger partial charge in [0.25, 0.3) is 0 Å². The summed E-state index contributed by atoms with van der Waals surface area (Å²) in [6.07, 6.45) is 1.55. The molecule has 4 N–H and O–H groups in total. The molecule has 0 aliphatic heterocycles. The molecule has 1 aromatic carbocycles. The minimum Gasteiger partial charge on any atom is -0.492 e. The molecule has 12 heteroatoms. The molecule has 196 valence electrons. The number of nitrogens with two attached hydrogens (primary N) is 1. The van der Waals surface area contributed by atoms with Gasteiger partial charge < -0.3 is 30.6 Å². The van der Waals surface area contributed by atoms with Gasteiger partial charge in [-0.25, -0.2) is 9.67 Å². The molecule has 0 saturated heterocycles. The second-order valence-electron chi connectivity index (χ2n) is 8.53. The summed E-state index contributed by atoms with van der Waals surface area (Å²) in [5.74, 6) is 1.74. The lowest BCUT2D eigenvalue weighted by atomic mass is 10.3. The van der Waals surface area contributed by atoms with Gasteiger partial charge in [-0.1, -0.05) is 13.8 Å². The molecule has 0 radical (unpaired) electrons. The number of nitrogen functional groups attached to an aromatic ring is 1. The largest absolute Gasteiger partial charge is 0.492 e. The molecule has 37 heavy (non-hydrogen) atoms. The van der Waals surface area contributed by atoms with Crippen LogP contribution in [0.4, 0.5) is 23.3 Å². The fourth-order valence-corrected chi connectivity index (χ4v) is 3.99. The summed E-state index contributed by atoms with van der Waals surface area (Å²) < 4.78 is 9.24. The summed E-state index contributed by atoms with van der Waals surface area (Å²) >= 11 is 0. The first-order chi connectivity index (χ1) is 17.9. The van der Waals surface area contributed by atoms with Crippen molar-refractivity contribution in [3.63, 3.8) is 0 Å². The van der Waals surface area contributed by atoms with E-state index in [1.807, 2.05) is 44.2 Å². The summed E-state index contributed by atoms with van der Waals surface area (Å²) in [4.78, 5) is 28.1. The molecule has 1 amide bonds. The highest BCUT2D eigenvalue weighted by atomic mass is 16.5. The van der Waals surface area contributed by atoms with Gasteiger partial charge in [-0.2, -0.15) is 15.1 Å². The van der Waals surface area contributed by atoms with Crippen molar-refractivity contribution in [2.75, 3.05) is 42.6 Å². The normalized spacial score (nSPS) is 11.3. The Balaban J connectivity index is 1.44. The van der Waals surface area contributed by atoms with Crippen molar-refractivity contribution in [3.05, 3.63) is 42.4 Å². The number of hydrogen-bond donors (Lipinski definition) is 3. The number of imidazole rings is 1. The highest BCUT2D eigenvalue weighted by molar-refractivity contribution is 5.92. The van der Waals surface area contributed by atoms with Crippen LogP contribution in [0.2, 0.25) is 0 Å². The molecule has 3 aromatic heterocycles. The third-order valence-electron chi connectivity index (χ3n) is 5.95. The molecule has 0 aliphatic carbocycles. The summed E-state index contributed by atoms with van der Waals surface area (Å²) in [6.45, 7) is 12.3. The smallest absolute Gasteiger partial charge is 0.245 e. The number of anilines is 4. The molecule has 3 heterocycles. The number of carbonyl (C=O) groups excluding carboxylic acids is 1. The van der Waals surface area contributed by atoms with E-state index in [2.05, 4.69) is 49.4 Å². The molecule has 0 spiro atoms. The molecule has 0 bridgehead atoms. The predicted molar refractivity (Wildman–Crippen MR) is 144 cm³/mol. The van der Waals surface area contributed by atoms with Crippen molar-refractivity contribution < 1.29 is 9.53 Å². The van der Waals surface area contributed by atoms with E-state index in [4.69, 9.17) is 10.5 Å². The molecule has 0 aliphatic rings. The molecule has 0 atom stereocenters. The van der Waals surface area contributed by atoms with Gasteiger partial charge in [0.1, 0.15) is 24.7 Å². The lowest BCUT2D eigenvalue weighted by Gasteiger charge is -2.18. The van der Waals surface area contributed by atoms with Crippen LogP contribution in [-0.2, 0) is 17.9 Å². The fourth-order valence-electron chi connectivity index (χ4n) is 3.99. The first-order valence-corrected chi connectivity index (χ1v) is 12.4. The van der Waals surface area contributed by atoms with Crippen molar-refractivity contribution in [1.29, 1.82) is 0 Å². The number of benzene rings is 1. The van der Waals surface area contributed by atoms with Gasteiger partial charge in [0.2, 0.25) is 11.9 Å². The van der Waals surface area contributed by atoms with Gasteiger partial charge in [-0.15, -0.1) is 0 Å². The highest BCUT2D eigenvalue weighted by Crippen LogP contribution is 2.25. The number of nitrogens with zero attached hydrogens (tertiary/aromatic N) is 7. The summed E-state index contributed by atoms with van der Waals surface area (Å²) in [5.41, 5.74) is 8.59. The molecular weight excluding hydrogens is 472 g/mol. The Morgan fingerprint density at radius 2 is 1.89 bits per heavy atom. The number of carbonyl (C=O) groups is 1. The van der Waals surface area contributed by atoms with E-state index in [1.165, 1.54) is 0 Å². The van der Waals surface area contributed by atoms with Gasteiger partial charge in [-0.05, 0) is 51.2 Å². The topological polar surface area (TPSA) is 141 Å². The van der Waals surface area contributed by atoms with Gasteiger partial charge in [0.15, 0.2) is 17.0 Å². The molecular formula is C25H34N10O2. The highest BCUT2D eigenvalue weighted by Gasteiger charge is 2.16. The number of fused-ring (bicyclic) bond motifs is 1. The van der Waals surface area contributed by atoms with Gasteiger partial charge in [-0.3, -0.25) is 4.79 Å². The van der Waals surface area contributed by atoms with E-state index in [-0.39, 0.29) is 18.4 Å². The maximum absolute atomic E-state index is 12.7. The van der Waals surface area contributed by atoms with E-state index >= 15 is 0 Å². The SMILES string of the molecule is CCN(CC)CCOc1ccc(Nc2nc(N)nc3c2ncn3CC(=O)Nc2cc(C)nn2CC)cc1. The number of nitrogens with one attached hydrogen (secondary N) is 2. The van der Waals surface area contributed by atoms with Crippen LogP contribution in [0.25, 0.3) is 11.2 Å². The molecule has 4 aromatic rings. The average molecular weight is 507 g/mol. The Labute approximate surface area is 215 Å². The van der Waals surface area contributed by atoms with Crippen molar-refractivity contribution in [3.8, 4) is 5.75 Å². The Kier molecular flexibility index (Phi) is 8.18. The van der Waals surface area contributed by atoms with Crippen LogP contribution in [-0.4, -0.2) is 66.3 Å². The Morgan fingerprint density at radius 1 is 1.14 bits per heavy atom. The molecule has 0 saturated carbocycles. The Morgan fingerprint density at radius 3 is 2.59 bits per heavy atom. The van der Waals surface area contributed by atoms with Crippen LogP contribution >= 0.6 is 0 Å². The minimum atomic E-state index is -0.225. The third-order valence-corrected chi connectivity index (χ3v) is 5.95. The van der Waals surface area contributed by atoms with E-state index in [0.29, 0.717) is 36.0 Å². The monoisotopic (exact) mass is 506 g/mol. The van der Waals surface area contributed by atoms with Gasteiger partial charge in [0, 0.05) is 24.8 Å². The van der Waals surface area contributed by atoms with E-state index < -0.39 is 0 Å². The van der Waals surface area contributed by atoms with E-state index in [0.717, 1.165) is 36.8 Å². The van der Waals surface area contributed by atoms with Crippen LogP contribution in [0.5, 0.6) is 5.75 Å². The van der Waals surface area contributed by atoms with Gasteiger partial charge in [0.05, 0.1) is 12.0 Å². The van der Waals surface area contributed by atoms with E-state index in [9.17, 15) is 4.79 Å². The maximum atomic E-state index is 12.7. The fraction of sp³-hybridized carbons (Fsp3) is 0.400. The quantitative estimate of drug-likeness (QED) is 0.264. The van der Waals surface area contributed by atoms with Crippen LogP contribution in [0.3, 0.4) is 0 Å². The molecule has 12 nitrogen and oxygen atoms in total. The number of aryl methyl sites for hydroxylation is 2. The second-order valence-corrected chi connectivity index (χ2v) is 8.53. The van der Waals surface area contributed by atoms with Crippen LogP contribution in [0.1, 0.15) is 26.5 Å². The van der Waals surface area contributed by atoms with Crippen molar-refractivity contribution in [1.82, 2.24) is 34.2 Å². The predicted octanol–water partition coefficient (Wildman–Crippen LogP) is 3.04. The minimum absolute atomic E-state index is 0.0138. The number of hydrogen-bond acceptors (Lipinski definition) is 9. The van der Waals surface area contributed by atoms with Crippen molar-refractivity contribution in [2.45, 2.75) is 40.8 Å². The van der Waals surface area contributed by atoms with Crippen LogP contribution in [0.15, 0.2) is 36.7 Å². The van der Waals surface area contributed by atoms with Crippen LogP contribution < -0.4 is 21.1 Å². The van der Waals surface area contributed by atoms with Crippen molar-refractivity contribution in [2.24, 2.45) is 0 Å². The zero-order valence-corrected chi connectivity index (χ0v) is 21.7. The number of rotatable bonds is 12. The number of aromatic nitrogens is 6. The summed E-state index contributed by atoms with van der Waals surface area (Å²) in [7, 11) is 0. The Hall–Kier alpha value is -4.19. The molecule has 4 rings (SSSR count). The zero-order valence-electron chi connectivity index (χ0n) is 21.7. The first-order valence-electron chi connectivity index (χ1n) is 12.4. The third kappa shape index (κ3) is 6.33. The van der Waals surface area contributed by atoms with Crippen molar-refractivity contribution >= 4 is 40.3 Å². The maximum Gasteiger partial charge on any atom is 0.245 e. The van der Waals surface area contributed by atoms with Crippen LogP contribution in [0, 0.1) is 6.92 Å². The number of ether oxygens (including phenoxy) is 1. The number of likely N-dealkylation sites (N-methyl/N-ethyl adjacent to an activating group) is 1. The summed E-state index contributed by atoms with van der Waals surface area (Å²) in [6, 6.07) is 9.44. The zero-order chi connectivity index (χ0) is 26.4.